The van der Waals surface area contributed by atoms with Crippen molar-refractivity contribution < 1.29 is 9.59 Å². The predicted molar refractivity (Wildman–Crippen MR) is 256 cm³/mol. The van der Waals surface area contributed by atoms with E-state index in [1.807, 2.05) is 23.9 Å². The summed E-state index contributed by atoms with van der Waals surface area (Å²) < 4.78 is 0. The SMILES string of the molecule is CCCCCCCCCCCCCCCCCCN(C)C(=S)NC(=O)C[C@@H]1C[C@@H](C(=O)NC(=S)N(C)CCCCCCCCCCCCCCCCCC)C1(C)C. The van der Waals surface area contributed by atoms with Crippen LogP contribution < -0.4 is 10.6 Å². The van der Waals surface area contributed by atoms with Gasteiger partial charge in [-0.3, -0.25) is 9.59 Å². The number of carbonyl (C=O) groups is 2. The Bertz CT molecular complexity index is 1040. The molecule has 6 nitrogen and oxygen atoms in total. The van der Waals surface area contributed by atoms with Crippen molar-refractivity contribution in [2.24, 2.45) is 17.3 Å². The van der Waals surface area contributed by atoms with Crippen LogP contribution in [-0.2, 0) is 9.59 Å². The number of unbranched alkanes of at least 4 members (excludes halogenated alkanes) is 30. The first-order valence-electron chi connectivity index (χ1n) is 24.6. The van der Waals surface area contributed by atoms with Gasteiger partial charge in [0, 0.05) is 39.5 Å². The fraction of sp³-hybridized carbons (Fsp3) is 0.918. The predicted octanol–water partition coefficient (Wildman–Crippen LogP) is 14.2. The van der Waals surface area contributed by atoms with E-state index in [0.29, 0.717) is 23.1 Å². The molecule has 0 aromatic rings. The maximum absolute atomic E-state index is 13.2. The monoisotopic (exact) mass is 835 g/mol. The molecule has 2 amide bonds. The molecule has 0 bridgehead atoms. The minimum Gasteiger partial charge on any atom is -0.352 e. The molecule has 2 N–H and O–H groups in total. The molecule has 2 atom stereocenters. The topological polar surface area (TPSA) is 64.7 Å². The van der Waals surface area contributed by atoms with Gasteiger partial charge in [0.2, 0.25) is 11.8 Å². The average Bonchev–Trinajstić information content (AvgIpc) is 3.18. The van der Waals surface area contributed by atoms with E-state index in [-0.39, 0.29) is 29.1 Å². The summed E-state index contributed by atoms with van der Waals surface area (Å²) in [4.78, 5) is 30.2. The molecule has 0 heterocycles. The Morgan fingerprint density at radius 2 is 0.772 bits per heavy atom. The van der Waals surface area contributed by atoms with E-state index >= 15 is 0 Å². The molecule has 57 heavy (non-hydrogen) atoms. The number of hydrogen-bond donors (Lipinski definition) is 2. The summed E-state index contributed by atoms with van der Waals surface area (Å²) in [5, 5.41) is 6.98. The highest BCUT2D eigenvalue weighted by Crippen LogP contribution is 2.53. The molecule has 1 rings (SSSR count). The molecule has 0 radical (unpaired) electrons. The lowest BCUT2D eigenvalue weighted by Gasteiger charge is -2.51. The van der Waals surface area contributed by atoms with E-state index in [1.165, 1.54) is 193 Å². The lowest BCUT2D eigenvalue weighted by atomic mass is 9.53. The van der Waals surface area contributed by atoms with E-state index in [9.17, 15) is 9.59 Å². The second-order valence-corrected chi connectivity index (χ2v) is 19.4. The Balaban J connectivity index is 2.07. The highest BCUT2D eigenvalue weighted by atomic mass is 32.1. The molecule has 0 unspecified atom stereocenters. The van der Waals surface area contributed by atoms with Crippen molar-refractivity contribution in [1.29, 1.82) is 0 Å². The zero-order chi connectivity index (χ0) is 42.0. The number of rotatable bonds is 37. The number of hydrogen-bond acceptors (Lipinski definition) is 4. The summed E-state index contributed by atoms with van der Waals surface area (Å²) >= 11 is 11.2. The lowest BCUT2D eigenvalue weighted by molar-refractivity contribution is -0.143. The smallest absolute Gasteiger partial charge is 0.229 e. The van der Waals surface area contributed by atoms with Gasteiger partial charge in [-0.25, -0.2) is 0 Å². The van der Waals surface area contributed by atoms with E-state index in [0.717, 1.165) is 25.9 Å². The van der Waals surface area contributed by atoms with Crippen molar-refractivity contribution in [3.63, 3.8) is 0 Å². The van der Waals surface area contributed by atoms with Gasteiger partial charge in [-0.2, -0.15) is 0 Å². The van der Waals surface area contributed by atoms with Crippen LogP contribution in [0.15, 0.2) is 0 Å². The second kappa shape index (κ2) is 35.5. The van der Waals surface area contributed by atoms with Gasteiger partial charge in [-0.1, -0.05) is 220 Å². The van der Waals surface area contributed by atoms with Gasteiger partial charge in [-0.15, -0.1) is 0 Å². The summed E-state index contributed by atoms with van der Waals surface area (Å²) in [7, 11) is 3.95. The van der Waals surface area contributed by atoms with Crippen molar-refractivity contribution in [1.82, 2.24) is 20.4 Å². The third-order valence-electron chi connectivity index (χ3n) is 13.1. The normalized spacial score (nSPS) is 15.9. The third kappa shape index (κ3) is 27.2. The van der Waals surface area contributed by atoms with Crippen LogP contribution >= 0.6 is 24.4 Å². The summed E-state index contributed by atoms with van der Waals surface area (Å²) in [6.07, 6.45) is 44.5. The molecule has 1 saturated carbocycles. The summed E-state index contributed by atoms with van der Waals surface area (Å²) in [6, 6.07) is 0. The Kier molecular flexibility index (Phi) is 33.4. The molecule has 1 fully saturated rings. The molecule has 334 valence electrons. The first-order chi connectivity index (χ1) is 27.5. The van der Waals surface area contributed by atoms with Gasteiger partial charge in [0.25, 0.3) is 0 Å². The first-order valence-corrected chi connectivity index (χ1v) is 25.5. The number of carbonyl (C=O) groups excluding carboxylic acids is 2. The third-order valence-corrected chi connectivity index (χ3v) is 13.9. The molecular formula is C49H94N4O2S2. The quantitative estimate of drug-likeness (QED) is 0.0480. The fourth-order valence-corrected chi connectivity index (χ4v) is 8.98. The van der Waals surface area contributed by atoms with Crippen molar-refractivity contribution >= 4 is 46.5 Å². The average molecular weight is 835 g/mol. The zero-order valence-corrected chi connectivity index (χ0v) is 40.3. The van der Waals surface area contributed by atoms with Crippen molar-refractivity contribution in [2.75, 3.05) is 27.2 Å². The molecular weight excluding hydrogens is 741 g/mol. The second-order valence-electron chi connectivity index (χ2n) is 18.6. The summed E-state index contributed by atoms with van der Waals surface area (Å²) in [6.45, 7) is 10.5. The Morgan fingerprint density at radius 1 is 0.491 bits per heavy atom. The van der Waals surface area contributed by atoms with Gasteiger partial charge >= 0.3 is 0 Å². The van der Waals surface area contributed by atoms with Gasteiger partial charge in [0.05, 0.1) is 0 Å². The Labute approximate surface area is 365 Å². The molecule has 0 saturated heterocycles. The number of thiocarbonyl (C=S) groups is 2. The fourth-order valence-electron chi connectivity index (χ4n) is 8.58. The minimum absolute atomic E-state index is 0.0189. The molecule has 1 aliphatic carbocycles. The number of amides is 2. The molecule has 0 aliphatic heterocycles. The lowest BCUT2D eigenvalue weighted by Crippen LogP contribution is -2.55. The van der Waals surface area contributed by atoms with E-state index in [4.69, 9.17) is 24.4 Å². The van der Waals surface area contributed by atoms with Crippen molar-refractivity contribution in [3.8, 4) is 0 Å². The zero-order valence-electron chi connectivity index (χ0n) is 38.6. The highest BCUT2D eigenvalue weighted by molar-refractivity contribution is 7.80. The standard InChI is InChI=1S/C49H94N4O2S2/c1-7-9-11-13-15-17-19-21-23-25-27-29-31-33-35-37-39-52(5)47(56)50-45(54)42-43-41-44(49(43,3)4)46(55)51-48(57)53(6)40-38-36-34-32-30-28-26-24-22-20-18-16-14-12-10-8-2/h43-44H,7-42H2,1-6H3,(H,50,54,56)(H,51,55,57)/t43-,44-/m0/s1. The first kappa shape index (κ1) is 53.7. The van der Waals surface area contributed by atoms with Crippen LogP contribution in [0, 0.1) is 17.3 Å². The number of nitrogens with zero attached hydrogens (tertiary/aromatic N) is 2. The Hall–Kier alpha value is -1.28. The van der Waals surface area contributed by atoms with Crippen LogP contribution in [0.25, 0.3) is 0 Å². The van der Waals surface area contributed by atoms with Gasteiger partial charge in [-0.05, 0) is 55.0 Å². The summed E-state index contributed by atoms with van der Waals surface area (Å²) in [5.41, 5.74) is -0.273. The highest BCUT2D eigenvalue weighted by Gasteiger charge is 2.52. The van der Waals surface area contributed by atoms with Crippen LogP contribution in [0.2, 0.25) is 0 Å². The van der Waals surface area contributed by atoms with Crippen LogP contribution in [0.3, 0.4) is 0 Å². The van der Waals surface area contributed by atoms with Crippen LogP contribution in [0.5, 0.6) is 0 Å². The largest absolute Gasteiger partial charge is 0.352 e. The van der Waals surface area contributed by atoms with Crippen molar-refractivity contribution in [2.45, 2.75) is 246 Å². The van der Waals surface area contributed by atoms with Crippen LogP contribution in [0.4, 0.5) is 0 Å². The molecule has 1 aliphatic rings. The van der Waals surface area contributed by atoms with Gasteiger partial charge < -0.3 is 20.4 Å². The van der Waals surface area contributed by atoms with E-state index in [1.54, 1.807) is 0 Å². The number of nitrogens with one attached hydrogen (secondary N) is 2. The van der Waals surface area contributed by atoms with Gasteiger partial charge in [0.15, 0.2) is 10.2 Å². The van der Waals surface area contributed by atoms with E-state index < -0.39 is 0 Å². The minimum atomic E-state index is -0.273. The molecule has 0 aromatic carbocycles. The molecule has 8 heteroatoms. The maximum Gasteiger partial charge on any atom is 0.229 e. The van der Waals surface area contributed by atoms with E-state index in [2.05, 4.69) is 38.3 Å². The molecule has 0 aromatic heterocycles. The van der Waals surface area contributed by atoms with Crippen LogP contribution in [-0.4, -0.2) is 59.0 Å². The Morgan fingerprint density at radius 3 is 1.07 bits per heavy atom. The summed E-state index contributed by atoms with van der Waals surface area (Å²) in [5.74, 6) is -0.0841. The maximum atomic E-state index is 13.2. The van der Waals surface area contributed by atoms with Crippen molar-refractivity contribution in [3.05, 3.63) is 0 Å². The van der Waals surface area contributed by atoms with Gasteiger partial charge in [0.1, 0.15) is 0 Å². The molecule has 0 spiro atoms. The van der Waals surface area contributed by atoms with Crippen LogP contribution in [0.1, 0.15) is 246 Å².